The summed E-state index contributed by atoms with van der Waals surface area (Å²) in [4.78, 5) is 29.2. The van der Waals surface area contributed by atoms with E-state index in [0.29, 0.717) is 18.5 Å². The molecule has 1 heterocycles. The summed E-state index contributed by atoms with van der Waals surface area (Å²) in [5.74, 6) is 1.70. The molecule has 0 radical (unpaired) electrons. The third-order valence-corrected chi connectivity index (χ3v) is 6.35. The zero-order valence-electron chi connectivity index (χ0n) is 17.5. The topological polar surface area (TPSA) is 64.0 Å². The van der Waals surface area contributed by atoms with Crippen molar-refractivity contribution in [3.05, 3.63) is 88.5 Å². The number of carbonyl (C=O) groups excluding carboxylic acids is 1. The first kappa shape index (κ1) is 21.1. The van der Waals surface area contributed by atoms with Gasteiger partial charge in [0.05, 0.1) is 17.2 Å². The van der Waals surface area contributed by atoms with Crippen molar-refractivity contribution in [1.29, 1.82) is 0 Å². The molecule has 4 rings (SSSR count). The van der Waals surface area contributed by atoms with Crippen molar-refractivity contribution in [3.8, 4) is 0 Å². The van der Waals surface area contributed by atoms with Gasteiger partial charge in [0.1, 0.15) is 0 Å². The maximum absolute atomic E-state index is 12.6. The highest BCUT2D eigenvalue weighted by Crippen LogP contribution is 2.22. The number of carbonyl (C=O) groups is 1. The lowest BCUT2D eigenvalue weighted by Gasteiger charge is -2.09. The normalized spacial score (nSPS) is 11.1. The predicted molar refractivity (Wildman–Crippen MR) is 128 cm³/mol. The molecule has 31 heavy (non-hydrogen) atoms. The smallest absolute Gasteiger partial charge is 0.261 e. The number of rotatable bonds is 8. The number of amides is 1. The number of fused-ring (bicyclic) bond motifs is 2. The van der Waals surface area contributed by atoms with Crippen LogP contribution in [0.2, 0.25) is 0 Å². The molecule has 0 aliphatic rings. The second-order valence-corrected chi connectivity index (χ2v) is 8.61. The fourth-order valence-corrected chi connectivity index (χ4v) is 4.53. The third-order valence-electron chi connectivity index (χ3n) is 5.34. The summed E-state index contributed by atoms with van der Waals surface area (Å²) in [5, 5.41) is 6.07. The van der Waals surface area contributed by atoms with E-state index in [2.05, 4.69) is 52.8 Å². The Morgan fingerprint density at radius 2 is 1.81 bits per heavy atom. The molecule has 3 aromatic carbocycles. The maximum atomic E-state index is 12.6. The molecule has 4 aromatic rings. The zero-order chi connectivity index (χ0) is 21.6. The van der Waals surface area contributed by atoms with E-state index in [1.54, 1.807) is 17.8 Å². The minimum absolute atomic E-state index is 0.0537. The second kappa shape index (κ2) is 9.79. The molecule has 0 aliphatic heterocycles. The van der Waals surface area contributed by atoms with E-state index >= 15 is 0 Å². The molecule has 1 aromatic heterocycles. The van der Waals surface area contributed by atoms with Gasteiger partial charge in [0.25, 0.3) is 5.56 Å². The second-order valence-electron chi connectivity index (χ2n) is 7.51. The van der Waals surface area contributed by atoms with Crippen LogP contribution in [0.15, 0.2) is 71.8 Å². The average molecular weight is 432 g/mol. The van der Waals surface area contributed by atoms with E-state index in [4.69, 9.17) is 0 Å². The fraction of sp³-hybridized carbons (Fsp3) is 0.240. The van der Waals surface area contributed by atoms with Crippen LogP contribution in [0.25, 0.3) is 21.7 Å². The van der Waals surface area contributed by atoms with Crippen molar-refractivity contribution >= 4 is 39.3 Å². The summed E-state index contributed by atoms with van der Waals surface area (Å²) in [5.41, 5.74) is 2.90. The van der Waals surface area contributed by atoms with Gasteiger partial charge in [-0.05, 0) is 34.9 Å². The zero-order valence-corrected chi connectivity index (χ0v) is 18.3. The van der Waals surface area contributed by atoms with E-state index < -0.39 is 0 Å². The summed E-state index contributed by atoms with van der Waals surface area (Å²) in [6.07, 6.45) is 1.79. The van der Waals surface area contributed by atoms with Crippen LogP contribution in [-0.2, 0) is 17.1 Å². The van der Waals surface area contributed by atoms with Crippen LogP contribution in [-0.4, -0.2) is 27.8 Å². The summed E-state index contributed by atoms with van der Waals surface area (Å²) in [6, 6.07) is 20.3. The minimum Gasteiger partial charge on any atom is -0.355 e. The van der Waals surface area contributed by atoms with E-state index in [-0.39, 0.29) is 17.9 Å². The first-order valence-corrected chi connectivity index (χ1v) is 11.5. The third kappa shape index (κ3) is 4.97. The quantitative estimate of drug-likeness (QED) is 0.423. The average Bonchev–Trinajstić information content (AvgIpc) is 2.79. The van der Waals surface area contributed by atoms with Crippen LogP contribution in [0.4, 0.5) is 0 Å². The van der Waals surface area contributed by atoms with Gasteiger partial charge < -0.3 is 5.32 Å². The first-order chi connectivity index (χ1) is 15.1. The van der Waals surface area contributed by atoms with Gasteiger partial charge in [-0.1, -0.05) is 54.6 Å². The first-order valence-electron chi connectivity index (χ1n) is 10.4. The van der Waals surface area contributed by atoms with Crippen molar-refractivity contribution in [2.75, 3.05) is 12.3 Å². The molecular formula is C25H25N3O2S. The van der Waals surface area contributed by atoms with Gasteiger partial charge >= 0.3 is 0 Å². The Morgan fingerprint density at radius 1 is 1.03 bits per heavy atom. The van der Waals surface area contributed by atoms with Crippen molar-refractivity contribution in [2.45, 2.75) is 25.6 Å². The van der Waals surface area contributed by atoms with E-state index in [9.17, 15) is 9.59 Å². The standard InChI is InChI=1S/C25H25N3O2S/c1-18-6-4-11-22-24(18)27-17-28(25(22)30)14-12-23(29)26-13-15-31-16-20-9-5-8-19-7-2-3-10-21(19)20/h2-11,17H,12-16H2,1H3,(H,26,29). The molecule has 0 bridgehead atoms. The molecule has 6 heteroatoms. The molecule has 0 saturated heterocycles. The largest absolute Gasteiger partial charge is 0.355 e. The van der Waals surface area contributed by atoms with Gasteiger partial charge in [0, 0.05) is 31.0 Å². The molecule has 0 atom stereocenters. The summed E-state index contributed by atoms with van der Waals surface area (Å²) in [7, 11) is 0. The Kier molecular flexibility index (Phi) is 6.67. The number of para-hydroxylation sites is 1. The highest BCUT2D eigenvalue weighted by Gasteiger charge is 2.08. The summed E-state index contributed by atoms with van der Waals surface area (Å²) in [6.45, 7) is 2.87. The molecule has 0 unspecified atom stereocenters. The van der Waals surface area contributed by atoms with Crippen LogP contribution in [0.3, 0.4) is 0 Å². The number of aryl methyl sites for hydroxylation is 2. The van der Waals surface area contributed by atoms with Crippen molar-refractivity contribution < 1.29 is 4.79 Å². The van der Waals surface area contributed by atoms with E-state index in [0.717, 1.165) is 22.6 Å². The monoisotopic (exact) mass is 431 g/mol. The molecule has 0 saturated carbocycles. The molecule has 0 fully saturated rings. The number of aromatic nitrogens is 2. The fourth-order valence-electron chi connectivity index (χ4n) is 3.67. The van der Waals surface area contributed by atoms with Gasteiger partial charge in [-0.2, -0.15) is 11.8 Å². The van der Waals surface area contributed by atoms with Crippen LogP contribution in [0, 0.1) is 6.92 Å². The van der Waals surface area contributed by atoms with Crippen LogP contribution >= 0.6 is 11.8 Å². The predicted octanol–water partition coefficient (Wildman–Crippen LogP) is 4.30. The van der Waals surface area contributed by atoms with Gasteiger partial charge in [-0.25, -0.2) is 4.98 Å². The Labute approximate surface area is 185 Å². The molecule has 0 aliphatic carbocycles. The van der Waals surface area contributed by atoms with Gasteiger partial charge in [-0.15, -0.1) is 0 Å². The number of hydrogen-bond acceptors (Lipinski definition) is 4. The van der Waals surface area contributed by atoms with E-state index in [1.807, 2.05) is 19.1 Å². The maximum Gasteiger partial charge on any atom is 0.261 e. The molecule has 1 N–H and O–H groups in total. The number of nitrogens with zero attached hydrogens (tertiary/aromatic N) is 2. The summed E-state index contributed by atoms with van der Waals surface area (Å²) < 4.78 is 1.51. The lowest BCUT2D eigenvalue weighted by atomic mass is 10.1. The number of hydrogen-bond donors (Lipinski definition) is 1. The SMILES string of the molecule is Cc1cccc2c(=O)n(CCC(=O)NCCSCc3cccc4ccccc34)cnc12. The summed E-state index contributed by atoms with van der Waals surface area (Å²) >= 11 is 1.80. The Bertz CT molecular complexity index is 1280. The Hall–Kier alpha value is -3.12. The Morgan fingerprint density at radius 3 is 2.71 bits per heavy atom. The van der Waals surface area contributed by atoms with Crippen molar-refractivity contribution in [1.82, 2.24) is 14.9 Å². The van der Waals surface area contributed by atoms with E-state index in [1.165, 1.54) is 27.2 Å². The molecule has 1 amide bonds. The van der Waals surface area contributed by atoms with Crippen LogP contribution in [0.5, 0.6) is 0 Å². The molecule has 0 spiro atoms. The van der Waals surface area contributed by atoms with Crippen molar-refractivity contribution in [2.24, 2.45) is 0 Å². The molecular weight excluding hydrogens is 406 g/mol. The lowest BCUT2D eigenvalue weighted by molar-refractivity contribution is -0.121. The highest BCUT2D eigenvalue weighted by atomic mass is 32.2. The van der Waals surface area contributed by atoms with Gasteiger partial charge in [-0.3, -0.25) is 14.2 Å². The molecule has 5 nitrogen and oxygen atoms in total. The number of nitrogens with one attached hydrogen (secondary N) is 1. The highest BCUT2D eigenvalue weighted by molar-refractivity contribution is 7.98. The van der Waals surface area contributed by atoms with Gasteiger partial charge in [0.2, 0.25) is 5.91 Å². The van der Waals surface area contributed by atoms with Gasteiger partial charge in [0.15, 0.2) is 0 Å². The Balaban J connectivity index is 1.23. The number of thioether (sulfide) groups is 1. The lowest BCUT2D eigenvalue weighted by Crippen LogP contribution is -2.29. The van der Waals surface area contributed by atoms with Crippen LogP contribution < -0.4 is 10.9 Å². The minimum atomic E-state index is -0.104. The van der Waals surface area contributed by atoms with Crippen LogP contribution in [0.1, 0.15) is 17.5 Å². The van der Waals surface area contributed by atoms with Crippen molar-refractivity contribution in [3.63, 3.8) is 0 Å². The molecule has 158 valence electrons. The number of benzene rings is 3.